The summed E-state index contributed by atoms with van der Waals surface area (Å²) in [7, 11) is 0. The molecule has 1 amide bonds. The van der Waals surface area contributed by atoms with Crippen LogP contribution in [0.1, 0.15) is 24.3 Å². The number of oxazole rings is 1. The van der Waals surface area contributed by atoms with Gasteiger partial charge in [0, 0.05) is 13.1 Å². The first-order valence-corrected chi connectivity index (χ1v) is 8.69. The fourth-order valence-electron chi connectivity index (χ4n) is 3.82. The van der Waals surface area contributed by atoms with E-state index < -0.39 is 0 Å². The number of nitrogens with zero attached hydrogens (tertiary/aromatic N) is 2. The summed E-state index contributed by atoms with van der Waals surface area (Å²) in [6.07, 6.45) is 4.07. The molecule has 26 heavy (non-hydrogen) atoms. The Hall–Kier alpha value is -1.50. The van der Waals surface area contributed by atoms with Crippen molar-refractivity contribution < 1.29 is 13.6 Å². The molecule has 1 N–H and O–H groups in total. The molecule has 2 aromatic rings. The van der Waals surface area contributed by atoms with Crippen molar-refractivity contribution in [3.05, 3.63) is 29.9 Å². The minimum absolute atomic E-state index is 0. The van der Waals surface area contributed by atoms with E-state index >= 15 is 0 Å². The quantitative estimate of drug-likeness (QED) is 0.855. The lowest BCUT2D eigenvalue weighted by Gasteiger charge is -2.20. The maximum atomic E-state index is 12.7. The number of nitrogens with one attached hydrogen (secondary N) is 1. The fraction of sp³-hybridized carbons (Fsp3) is 0.556. The van der Waals surface area contributed by atoms with Gasteiger partial charge in [-0.2, -0.15) is 0 Å². The number of rotatable bonds is 3. The summed E-state index contributed by atoms with van der Waals surface area (Å²) in [5.74, 6) is 3.31. The number of aryl methyl sites for hydroxylation is 1. The van der Waals surface area contributed by atoms with Crippen molar-refractivity contribution in [3.8, 4) is 11.7 Å². The standard InChI is InChI=1S/C18H23N3O3.2ClH/c1-12-15(20-18(24-12)16-3-2-8-23-16)9-17(22)21-6-4-13-10-19-11-14(13)5-7-21;;/h2-3,8,13-14,19H,4-7,9-11H2,1H3;2*1H/t13-,14+;;. The Morgan fingerprint density at radius 1 is 1.27 bits per heavy atom. The molecule has 0 bridgehead atoms. The van der Waals surface area contributed by atoms with E-state index in [-0.39, 0.29) is 30.7 Å². The SMILES string of the molecule is Cc1oc(-c2ccco2)nc1CC(=O)N1CC[C@@H]2CNC[C@@H]2CC1.Cl.Cl. The molecule has 144 valence electrons. The number of likely N-dealkylation sites (tertiary alicyclic amines) is 1. The van der Waals surface area contributed by atoms with E-state index in [2.05, 4.69) is 10.3 Å². The number of furan rings is 1. The average Bonchev–Trinajstić information content (AvgIpc) is 3.28. The third-order valence-electron chi connectivity index (χ3n) is 5.32. The van der Waals surface area contributed by atoms with Crippen LogP contribution >= 0.6 is 24.8 Å². The molecule has 2 aromatic heterocycles. The van der Waals surface area contributed by atoms with Crippen molar-refractivity contribution >= 4 is 30.7 Å². The summed E-state index contributed by atoms with van der Waals surface area (Å²) in [6, 6.07) is 3.60. The van der Waals surface area contributed by atoms with Crippen LogP contribution in [-0.2, 0) is 11.2 Å². The summed E-state index contributed by atoms with van der Waals surface area (Å²) in [4.78, 5) is 19.1. The summed E-state index contributed by atoms with van der Waals surface area (Å²) in [5.41, 5.74) is 0.706. The Kier molecular flexibility index (Phi) is 7.15. The van der Waals surface area contributed by atoms with Gasteiger partial charge in [-0.25, -0.2) is 4.98 Å². The second-order valence-electron chi connectivity index (χ2n) is 6.81. The zero-order valence-corrected chi connectivity index (χ0v) is 16.4. The predicted molar refractivity (Wildman–Crippen MR) is 103 cm³/mol. The molecular formula is C18H25Cl2N3O3. The van der Waals surface area contributed by atoms with Crippen molar-refractivity contribution in [3.63, 3.8) is 0 Å². The number of hydrogen-bond acceptors (Lipinski definition) is 5. The second kappa shape index (κ2) is 8.93. The van der Waals surface area contributed by atoms with Crippen LogP contribution in [0.2, 0.25) is 0 Å². The minimum atomic E-state index is 0. The lowest BCUT2D eigenvalue weighted by atomic mass is 9.92. The number of halogens is 2. The maximum Gasteiger partial charge on any atom is 0.263 e. The fourth-order valence-corrected chi connectivity index (χ4v) is 3.82. The predicted octanol–water partition coefficient (Wildman–Crippen LogP) is 3.09. The molecule has 0 spiro atoms. The van der Waals surface area contributed by atoms with Gasteiger partial charge in [-0.3, -0.25) is 4.79 Å². The van der Waals surface area contributed by atoms with E-state index in [4.69, 9.17) is 8.83 Å². The van der Waals surface area contributed by atoms with Crippen LogP contribution in [0.15, 0.2) is 27.2 Å². The lowest BCUT2D eigenvalue weighted by molar-refractivity contribution is -0.130. The molecule has 6 nitrogen and oxygen atoms in total. The maximum absolute atomic E-state index is 12.7. The van der Waals surface area contributed by atoms with Crippen LogP contribution < -0.4 is 5.32 Å². The van der Waals surface area contributed by atoms with Crippen molar-refractivity contribution in [2.24, 2.45) is 11.8 Å². The van der Waals surface area contributed by atoms with Crippen LogP contribution in [-0.4, -0.2) is 42.0 Å². The number of fused-ring (bicyclic) bond motifs is 1. The molecule has 4 rings (SSSR count). The molecular weight excluding hydrogens is 377 g/mol. The molecule has 2 aliphatic rings. The number of aromatic nitrogens is 1. The number of carbonyl (C=O) groups is 1. The summed E-state index contributed by atoms with van der Waals surface area (Å²) < 4.78 is 11.0. The molecule has 2 saturated heterocycles. The Morgan fingerprint density at radius 2 is 1.96 bits per heavy atom. The third kappa shape index (κ3) is 4.24. The Morgan fingerprint density at radius 3 is 2.58 bits per heavy atom. The first-order chi connectivity index (χ1) is 11.7. The third-order valence-corrected chi connectivity index (χ3v) is 5.32. The van der Waals surface area contributed by atoms with Gasteiger partial charge >= 0.3 is 0 Å². The topological polar surface area (TPSA) is 71.5 Å². The average molecular weight is 402 g/mol. The van der Waals surface area contributed by atoms with Crippen LogP contribution in [0.5, 0.6) is 0 Å². The first-order valence-electron chi connectivity index (χ1n) is 8.69. The van der Waals surface area contributed by atoms with Gasteiger partial charge in [0.1, 0.15) is 5.76 Å². The monoisotopic (exact) mass is 401 g/mol. The zero-order chi connectivity index (χ0) is 16.5. The van der Waals surface area contributed by atoms with Gasteiger partial charge < -0.3 is 19.1 Å². The van der Waals surface area contributed by atoms with Crippen LogP contribution in [0, 0.1) is 18.8 Å². The largest absolute Gasteiger partial charge is 0.459 e. The molecule has 4 heterocycles. The van der Waals surface area contributed by atoms with Gasteiger partial charge in [0.25, 0.3) is 5.89 Å². The summed E-state index contributed by atoms with van der Waals surface area (Å²) in [5, 5.41) is 3.46. The first kappa shape index (κ1) is 20.8. The highest BCUT2D eigenvalue weighted by Gasteiger charge is 2.31. The molecule has 0 saturated carbocycles. The molecule has 2 atom stereocenters. The van der Waals surface area contributed by atoms with Crippen molar-refractivity contribution in [2.75, 3.05) is 26.2 Å². The van der Waals surface area contributed by atoms with E-state index in [9.17, 15) is 4.79 Å². The highest BCUT2D eigenvalue weighted by Crippen LogP contribution is 2.28. The highest BCUT2D eigenvalue weighted by atomic mass is 35.5. The van der Waals surface area contributed by atoms with Crippen LogP contribution in [0.25, 0.3) is 11.7 Å². The van der Waals surface area contributed by atoms with E-state index in [0.29, 0.717) is 29.5 Å². The van der Waals surface area contributed by atoms with Gasteiger partial charge in [-0.1, -0.05) is 0 Å². The van der Waals surface area contributed by atoms with Gasteiger partial charge in [0.05, 0.1) is 18.4 Å². The molecule has 8 heteroatoms. The van der Waals surface area contributed by atoms with Gasteiger partial charge in [0.15, 0.2) is 5.76 Å². The van der Waals surface area contributed by atoms with E-state index in [1.54, 1.807) is 18.4 Å². The minimum Gasteiger partial charge on any atom is -0.459 e. The van der Waals surface area contributed by atoms with Crippen molar-refractivity contribution in [1.82, 2.24) is 15.2 Å². The van der Waals surface area contributed by atoms with Crippen molar-refractivity contribution in [2.45, 2.75) is 26.2 Å². The van der Waals surface area contributed by atoms with Gasteiger partial charge in [-0.15, -0.1) is 24.8 Å². The Bertz CT molecular complexity index is 703. The van der Waals surface area contributed by atoms with Gasteiger partial charge in [-0.05, 0) is 56.8 Å². The van der Waals surface area contributed by atoms with E-state index in [1.807, 2.05) is 11.8 Å². The van der Waals surface area contributed by atoms with Crippen LogP contribution in [0.3, 0.4) is 0 Å². The molecule has 0 radical (unpaired) electrons. The molecule has 0 aliphatic carbocycles. The van der Waals surface area contributed by atoms with E-state index in [1.165, 1.54) is 0 Å². The summed E-state index contributed by atoms with van der Waals surface area (Å²) in [6.45, 7) is 5.75. The molecule has 2 aliphatic heterocycles. The smallest absolute Gasteiger partial charge is 0.263 e. The Balaban J connectivity index is 0.00000121. The molecule has 0 unspecified atom stereocenters. The zero-order valence-electron chi connectivity index (χ0n) is 14.8. The van der Waals surface area contributed by atoms with Gasteiger partial charge in [0.2, 0.25) is 5.91 Å². The molecule has 2 fully saturated rings. The Labute approximate surface area is 165 Å². The lowest BCUT2D eigenvalue weighted by Crippen LogP contribution is -2.34. The summed E-state index contributed by atoms with van der Waals surface area (Å²) >= 11 is 0. The van der Waals surface area contributed by atoms with Crippen LogP contribution in [0.4, 0.5) is 0 Å². The molecule has 0 aromatic carbocycles. The normalized spacial score (nSPS) is 22.1. The number of hydrogen-bond donors (Lipinski definition) is 1. The number of carbonyl (C=O) groups excluding carboxylic acids is 1. The van der Waals surface area contributed by atoms with Crippen molar-refractivity contribution in [1.29, 1.82) is 0 Å². The van der Waals surface area contributed by atoms with E-state index in [0.717, 1.165) is 50.9 Å². The second-order valence-corrected chi connectivity index (χ2v) is 6.81. The highest BCUT2D eigenvalue weighted by molar-refractivity contribution is 5.85. The number of amides is 1.